The van der Waals surface area contributed by atoms with Crippen molar-refractivity contribution in [2.24, 2.45) is 28.7 Å². The third kappa shape index (κ3) is 14.3. The fraction of sp³-hybridized carbons (Fsp3) is 0.963. The molecule has 0 bridgehead atoms. The third-order valence-corrected chi connectivity index (χ3v) is 7.70. The normalized spacial score (nSPS) is 36.2. The lowest BCUT2D eigenvalue weighted by molar-refractivity contribution is -0.175. The molecule has 10 atom stereocenters. The Morgan fingerprint density at radius 3 is 2.27 bits per heavy atom. The van der Waals surface area contributed by atoms with E-state index in [1.165, 1.54) is 12.8 Å². The number of rotatable bonds is 9. The van der Waals surface area contributed by atoms with E-state index in [0.29, 0.717) is 45.1 Å². The number of hydrogen-bond donors (Lipinski definition) is 9. The maximum Gasteiger partial charge on any atom is 0.222 e. The monoisotopic (exact) mass is 592 g/mol. The molecule has 41 heavy (non-hydrogen) atoms. The van der Waals surface area contributed by atoms with Gasteiger partial charge >= 0.3 is 0 Å². The van der Waals surface area contributed by atoms with Crippen LogP contribution in [-0.4, -0.2) is 122 Å². The van der Waals surface area contributed by atoms with Crippen LogP contribution < -0.4 is 34.0 Å². The number of aliphatic hydroxyl groups excluding tert-OH is 3. The lowest BCUT2D eigenvalue weighted by atomic mass is 9.89. The maximum atomic E-state index is 11.9. The van der Waals surface area contributed by atoms with Gasteiger partial charge in [0.1, 0.15) is 0 Å². The lowest BCUT2D eigenvalue weighted by Crippen LogP contribution is -2.48. The number of carbonyl (C=O) groups is 1. The highest BCUT2D eigenvalue weighted by Crippen LogP contribution is 2.27. The molecule has 4 rings (SSSR count). The van der Waals surface area contributed by atoms with E-state index in [9.17, 15) is 15.0 Å². The van der Waals surface area contributed by atoms with Crippen molar-refractivity contribution in [2.45, 2.75) is 125 Å². The highest BCUT2D eigenvalue weighted by atomic mass is 16.7. The van der Waals surface area contributed by atoms with Gasteiger partial charge in [-0.05, 0) is 44.9 Å². The van der Waals surface area contributed by atoms with Crippen molar-refractivity contribution in [3.63, 3.8) is 0 Å². The molecule has 14 N–H and O–H groups in total. The van der Waals surface area contributed by atoms with Crippen molar-refractivity contribution >= 4 is 5.91 Å². The number of nitrogens with one attached hydrogen (secondary N) is 1. The highest BCUT2D eigenvalue weighted by molar-refractivity contribution is 5.76. The van der Waals surface area contributed by atoms with E-state index in [2.05, 4.69) is 5.32 Å². The van der Waals surface area contributed by atoms with E-state index in [4.69, 9.17) is 52.7 Å². The average molecular weight is 593 g/mol. The molecule has 0 aromatic rings. The van der Waals surface area contributed by atoms with E-state index in [0.717, 1.165) is 32.3 Å². The van der Waals surface area contributed by atoms with Gasteiger partial charge in [0.05, 0.1) is 62.3 Å². The summed E-state index contributed by atoms with van der Waals surface area (Å²) in [6.07, 6.45) is 6.44. The Labute approximate surface area is 243 Å². The van der Waals surface area contributed by atoms with Crippen LogP contribution in [0.15, 0.2) is 0 Å². The minimum Gasteiger partial charge on any atom is -0.394 e. The molecule has 8 unspecified atom stereocenters. The van der Waals surface area contributed by atoms with Gasteiger partial charge in [-0.25, -0.2) is 0 Å². The number of aliphatic hydroxyl groups is 3. The second-order valence-corrected chi connectivity index (χ2v) is 11.4. The summed E-state index contributed by atoms with van der Waals surface area (Å²) in [5.74, 6) is -0.224. The molecule has 14 nitrogen and oxygen atoms in total. The number of nitrogens with two attached hydrogens (primary N) is 5. The van der Waals surface area contributed by atoms with Gasteiger partial charge in [-0.15, -0.1) is 0 Å². The molecule has 242 valence electrons. The number of ether oxygens (including phenoxy) is 4. The maximum absolute atomic E-state index is 11.9. The van der Waals surface area contributed by atoms with Crippen LogP contribution in [0.3, 0.4) is 0 Å². The van der Waals surface area contributed by atoms with Crippen molar-refractivity contribution in [1.82, 2.24) is 5.32 Å². The molecule has 0 spiro atoms. The minimum atomic E-state index is -0.818. The van der Waals surface area contributed by atoms with Gasteiger partial charge < -0.3 is 68.3 Å². The van der Waals surface area contributed by atoms with E-state index >= 15 is 0 Å². The average Bonchev–Trinajstić information content (AvgIpc) is 3.42. The van der Waals surface area contributed by atoms with Gasteiger partial charge in [0.2, 0.25) is 5.91 Å². The number of amides is 1. The van der Waals surface area contributed by atoms with Crippen molar-refractivity contribution < 1.29 is 39.1 Å². The molecule has 1 amide bonds. The lowest BCUT2D eigenvalue weighted by Gasteiger charge is -2.34. The van der Waals surface area contributed by atoms with Crippen LogP contribution >= 0.6 is 0 Å². The van der Waals surface area contributed by atoms with Crippen molar-refractivity contribution in [1.29, 1.82) is 0 Å². The Hall–Kier alpha value is -1.01. The summed E-state index contributed by atoms with van der Waals surface area (Å²) in [4.78, 5) is 11.9. The summed E-state index contributed by atoms with van der Waals surface area (Å²) >= 11 is 0. The second-order valence-electron chi connectivity index (χ2n) is 11.4. The van der Waals surface area contributed by atoms with Crippen molar-refractivity contribution in [2.75, 3.05) is 39.5 Å². The Kier molecular flexibility index (Phi) is 17.7. The molecule has 0 aromatic heterocycles. The van der Waals surface area contributed by atoms with Crippen LogP contribution in [-0.2, 0) is 23.7 Å². The van der Waals surface area contributed by atoms with E-state index in [-0.39, 0.29) is 68.2 Å². The molecule has 14 heteroatoms. The van der Waals surface area contributed by atoms with Crippen molar-refractivity contribution in [3.8, 4) is 0 Å². The first-order valence-corrected chi connectivity index (χ1v) is 15.1. The summed E-state index contributed by atoms with van der Waals surface area (Å²) in [5, 5.41) is 30.6. The van der Waals surface area contributed by atoms with Crippen molar-refractivity contribution in [3.05, 3.63) is 0 Å². The Morgan fingerprint density at radius 2 is 1.71 bits per heavy atom. The van der Waals surface area contributed by atoms with Crippen LogP contribution in [0.2, 0.25) is 0 Å². The summed E-state index contributed by atoms with van der Waals surface area (Å²) in [6, 6.07) is -0.354. The van der Waals surface area contributed by atoms with Gasteiger partial charge in [-0.2, -0.15) is 0 Å². The summed E-state index contributed by atoms with van der Waals surface area (Å²) in [6.45, 7) is 2.56. The van der Waals surface area contributed by atoms with Gasteiger partial charge in [0.15, 0.2) is 6.29 Å². The van der Waals surface area contributed by atoms with Gasteiger partial charge in [0.25, 0.3) is 0 Å². The van der Waals surface area contributed by atoms with Crippen LogP contribution in [0.25, 0.3) is 0 Å². The summed E-state index contributed by atoms with van der Waals surface area (Å²) in [7, 11) is 0. The topological polar surface area (TPSA) is 257 Å². The quantitative estimate of drug-likeness (QED) is 0.134. The van der Waals surface area contributed by atoms with Crippen LogP contribution in [0.4, 0.5) is 0 Å². The first kappa shape index (κ1) is 36.2. The Balaban J connectivity index is 0.000000266. The number of carbonyl (C=O) groups excluding carboxylic acids is 1. The predicted octanol–water partition coefficient (Wildman–Crippen LogP) is -2.49. The van der Waals surface area contributed by atoms with Gasteiger partial charge in [-0.3, -0.25) is 4.79 Å². The van der Waals surface area contributed by atoms with E-state index in [1.54, 1.807) is 0 Å². The Morgan fingerprint density at radius 1 is 0.951 bits per heavy atom. The molecule has 0 radical (unpaired) electrons. The molecule has 3 saturated heterocycles. The molecule has 3 aliphatic heterocycles. The first-order chi connectivity index (χ1) is 19.7. The molecule has 1 saturated carbocycles. The molecule has 3 heterocycles. The van der Waals surface area contributed by atoms with Gasteiger partial charge in [0, 0.05) is 51.2 Å². The van der Waals surface area contributed by atoms with Crippen LogP contribution in [0, 0.1) is 0 Å². The minimum absolute atomic E-state index is 0.00230. The molecule has 4 aliphatic rings. The number of hydrogen-bond acceptors (Lipinski definition) is 13. The zero-order valence-electron chi connectivity index (χ0n) is 24.4. The fourth-order valence-electron chi connectivity index (χ4n) is 5.27. The highest BCUT2D eigenvalue weighted by Gasteiger charge is 2.33. The third-order valence-electron chi connectivity index (χ3n) is 7.70. The standard InChI is InChI=1S/C15H29N3O5.C6H14N2O2.C6H13NO/c16-7-11(20)6-14(21)18-10-3-9(17)4-13(5-10)23-15-2-1-12(8-19)22-15;7-2-4-1-6(9)5(8)3-10-4;7-5-6-3-1-2-4-8-6/h9-13,15,19-20H,1-8,16-17H2,(H,18,21);4-6,9H,1-3,7-8H2;6H,1-5,7H2/t;4-,5+,6?;/m.1./s1. The predicted molar refractivity (Wildman–Crippen MR) is 153 cm³/mol. The molecular formula is C27H56N6O8. The fourth-order valence-corrected chi connectivity index (χ4v) is 5.27. The van der Waals surface area contributed by atoms with E-state index < -0.39 is 12.2 Å². The van der Waals surface area contributed by atoms with E-state index in [1.807, 2.05) is 0 Å². The molecule has 0 aromatic carbocycles. The largest absolute Gasteiger partial charge is 0.394 e. The first-order valence-electron chi connectivity index (χ1n) is 15.1. The SMILES string of the molecule is NCC(O)CC(=O)NC1CC(N)CC(OC2CCC(CO)O2)C1.NCC1CCCCO1.NC[C@H]1CC(O)[C@@H](N)CO1. The molecule has 4 fully saturated rings. The molecular weight excluding hydrogens is 536 g/mol. The molecule has 1 aliphatic carbocycles. The summed E-state index contributed by atoms with van der Waals surface area (Å²) < 4.78 is 22.0. The summed E-state index contributed by atoms with van der Waals surface area (Å²) in [5.41, 5.74) is 27.6. The van der Waals surface area contributed by atoms with Crippen LogP contribution in [0.1, 0.15) is 64.2 Å². The van der Waals surface area contributed by atoms with Gasteiger partial charge in [-0.1, -0.05) is 0 Å². The zero-order chi connectivity index (χ0) is 30.2. The smallest absolute Gasteiger partial charge is 0.222 e. The van der Waals surface area contributed by atoms with Crippen LogP contribution in [0.5, 0.6) is 0 Å². The zero-order valence-corrected chi connectivity index (χ0v) is 24.4. The second kappa shape index (κ2) is 20.0. The Bertz CT molecular complexity index is 707.